The molecule has 0 N–H and O–H groups in total. The standard InChI is InChI=1S/C17H28N2OS/c1-5-6-16(20)14-11-17(21-12-14)13(2)19-9-7-15(8-10-19)18(3)4/h11-13,15H,5-10H2,1-4H3. The first-order chi connectivity index (χ1) is 10.0. The maximum atomic E-state index is 12.0. The Bertz CT molecular complexity index is 461. The molecule has 1 aliphatic heterocycles. The van der Waals surface area contributed by atoms with Crippen molar-refractivity contribution in [3.8, 4) is 0 Å². The third kappa shape index (κ3) is 4.15. The lowest BCUT2D eigenvalue weighted by Crippen LogP contribution is -2.42. The monoisotopic (exact) mass is 308 g/mol. The molecule has 0 aliphatic carbocycles. The van der Waals surface area contributed by atoms with E-state index in [1.54, 1.807) is 11.3 Å². The Morgan fingerprint density at radius 3 is 2.67 bits per heavy atom. The van der Waals surface area contributed by atoms with Crippen molar-refractivity contribution >= 4 is 17.1 Å². The van der Waals surface area contributed by atoms with Gasteiger partial charge in [-0.25, -0.2) is 0 Å². The third-order valence-corrected chi connectivity index (χ3v) is 5.71. The van der Waals surface area contributed by atoms with Crippen molar-refractivity contribution in [1.29, 1.82) is 0 Å². The van der Waals surface area contributed by atoms with Gasteiger partial charge < -0.3 is 4.90 Å². The second-order valence-corrected chi connectivity index (χ2v) is 7.26. The van der Waals surface area contributed by atoms with Gasteiger partial charge in [-0.2, -0.15) is 0 Å². The molecule has 3 nitrogen and oxygen atoms in total. The van der Waals surface area contributed by atoms with Crippen LogP contribution in [-0.4, -0.2) is 48.8 Å². The Hall–Kier alpha value is -0.710. The Labute approximate surface area is 132 Å². The van der Waals surface area contributed by atoms with E-state index in [-0.39, 0.29) is 0 Å². The molecule has 1 aromatic rings. The summed E-state index contributed by atoms with van der Waals surface area (Å²) in [7, 11) is 4.35. The van der Waals surface area contributed by atoms with E-state index in [4.69, 9.17) is 0 Å². The highest BCUT2D eigenvalue weighted by Gasteiger charge is 2.25. The van der Waals surface area contributed by atoms with Crippen LogP contribution in [0.2, 0.25) is 0 Å². The van der Waals surface area contributed by atoms with Crippen LogP contribution in [0.1, 0.15) is 60.8 Å². The van der Waals surface area contributed by atoms with Gasteiger partial charge in [0.25, 0.3) is 0 Å². The first-order valence-corrected chi connectivity index (χ1v) is 8.93. The highest BCUT2D eigenvalue weighted by Crippen LogP contribution is 2.30. The molecule has 1 aromatic heterocycles. The number of carbonyl (C=O) groups excluding carboxylic acids is 1. The molecule has 0 amide bonds. The Kier molecular flexibility index (Phi) is 5.97. The van der Waals surface area contributed by atoms with Gasteiger partial charge in [-0.05, 0) is 46.3 Å². The number of hydrogen-bond donors (Lipinski definition) is 0. The molecule has 21 heavy (non-hydrogen) atoms. The van der Waals surface area contributed by atoms with Crippen molar-refractivity contribution in [3.63, 3.8) is 0 Å². The Balaban J connectivity index is 1.95. The van der Waals surface area contributed by atoms with Gasteiger partial charge in [0, 0.05) is 47.4 Å². The molecule has 118 valence electrons. The number of nitrogens with zero attached hydrogens (tertiary/aromatic N) is 2. The van der Waals surface area contributed by atoms with Crippen molar-refractivity contribution in [2.45, 2.75) is 51.6 Å². The summed E-state index contributed by atoms with van der Waals surface area (Å²) in [5, 5.41) is 2.04. The molecule has 1 saturated heterocycles. The third-order valence-electron chi connectivity index (χ3n) is 4.61. The van der Waals surface area contributed by atoms with E-state index in [1.807, 2.05) is 5.38 Å². The zero-order chi connectivity index (χ0) is 15.4. The SMILES string of the molecule is CCCC(=O)c1csc(C(C)N2CCC(N(C)C)CC2)c1. The van der Waals surface area contributed by atoms with Crippen molar-refractivity contribution in [1.82, 2.24) is 9.80 Å². The molecule has 2 heterocycles. The second-order valence-electron chi connectivity index (χ2n) is 6.32. The summed E-state index contributed by atoms with van der Waals surface area (Å²) < 4.78 is 0. The Morgan fingerprint density at radius 2 is 2.10 bits per heavy atom. The van der Waals surface area contributed by atoms with E-state index >= 15 is 0 Å². The molecule has 1 aliphatic rings. The summed E-state index contributed by atoms with van der Waals surface area (Å²) in [5.74, 6) is 0.290. The van der Waals surface area contributed by atoms with E-state index in [2.05, 4.69) is 43.8 Å². The van der Waals surface area contributed by atoms with Gasteiger partial charge >= 0.3 is 0 Å². The van der Waals surface area contributed by atoms with Gasteiger partial charge in [-0.3, -0.25) is 9.69 Å². The zero-order valence-electron chi connectivity index (χ0n) is 13.8. The molecule has 0 bridgehead atoms. The molecular weight excluding hydrogens is 280 g/mol. The van der Waals surface area contributed by atoms with Crippen LogP contribution < -0.4 is 0 Å². The van der Waals surface area contributed by atoms with Crippen LogP contribution in [0.25, 0.3) is 0 Å². The Morgan fingerprint density at radius 1 is 1.43 bits per heavy atom. The molecule has 1 atom stereocenters. The van der Waals surface area contributed by atoms with E-state index in [0.29, 0.717) is 18.2 Å². The maximum Gasteiger partial charge on any atom is 0.163 e. The average Bonchev–Trinajstić information content (AvgIpc) is 2.96. The lowest BCUT2D eigenvalue weighted by Gasteiger charge is -2.38. The van der Waals surface area contributed by atoms with Crippen LogP contribution in [0.3, 0.4) is 0 Å². The van der Waals surface area contributed by atoms with Gasteiger partial charge in [0.1, 0.15) is 0 Å². The van der Waals surface area contributed by atoms with Crippen LogP contribution in [0, 0.1) is 0 Å². The number of carbonyl (C=O) groups is 1. The number of likely N-dealkylation sites (tertiary alicyclic amines) is 1. The van der Waals surface area contributed by atoms with E-state index in [9.17, 15) is 4.79 Å². The molecule has 0 spiro atoms. The van der Waals surface area contributed by atoms with Gasteiger partial charge in [0.05, 0.1) is 0 Å². The lowest BCUT2D eigenvalue weighted by atomic mass is 10.0. The molecule has 1 fully saturated rings. The zero-order valence-corrected chi connectivity index (χ0v) is 14.6. The molecule has 1 unspecified atom stereocenters. The summed E-state index contributed by atoms with van der Waals surface area (Å²) in [5.41, 5.74) is 0.909. The predicted octanol–water partition coefficient (Wildman–Crippen LogP) is 3.82. The minimum Gasteiger partial charge on any atom is -0.306 e. The van der Waals surface area contributed by atoms with Crippen molar-refractivity contribution in [3.05, 3.63) is 21.9 Å². The summed E-state index contributed by atoms with van der Waals surface area (Å²) in [6.07, 6.45) is 4.07. The van der Waals surface area contributed by atoms with Crippen molar-refractivity contribution in [2.75, 3.05) is 27.2 Å². The summed E-state index contributed by atoms with van der Waals surface area (Å²) in [6, 6.07) is 3.27. The fourth-order valence-electron chi connectivity index (χ4n) is 3.06. The lowest BCUT2D eigenvalue weighted by molar-refractivity contribution is 0.0981. The molecule has 0 radical (unpaired) electrons. The highest BCUT2D eigenvalue weighted by molar-refractivity contribution is 7.10. The number of thiophene rings is 1. The second kappa shape index (κ2) is 7.52. The average molecular weight is 308 g/mol. The number of Topliss-reactive ketones (excluding diaryl/α,β-unsaturated/α-hetero) is 1. The van der Waals surface area contributed by atoms with Gasteiger partial charge in [-0.15, -0.1) is 11.3 Å². The summed E-state index contributed by atoms with van der Waals surface area (Å²) in [4.78, 5) is 18.2. The quantitative estimate of drug-likeness (QED) is 0.747. The largest absolute Gasteiger partial charge is 0.306 e. The first kappa shape index (κ1) is 16.7. The number of ketones is 1. The maximum absolute atomic E-state index is 12.0. The minimum atomic E-state index is 0.290. The molecule has 2 rings (SSSR count). The van der Waals surface area contributed by atoms with E-state index in [1.165, 1.54) is 17.7 Å². The van der Waals surface area contributed by atoms with Crippen LogP contribution >= 0.6 is 11.3 Å². The molecule has 0 saturated carbocycles. The number of hydrogen-bond acceptors (Lipinski definition) is 4. The fourth-order valence-corrected chi connectivity index (χ4v) is 4.06. The molecular formula is C17H28N2OS. The molecule has 0 aromatic carbocycles. The fraction of sp³-hybridized carbons (Fsp3) is 0.706. The first-order valence-electron chi connectivity index (χ1n) is 8.05. The van der Waals surface area contributed by atoms with Gasteiger partial charge in [-0.1, -0.05) is 6.92 Å². The summed E-state index contributed by atoms with van der Waals surface area (Å²) in [6.45, 7) is 6.64. The van der Waals surface area contributed by atoms with Crippen LogP contribution in [-0.2, 0) is 0 Å². The minimum absolute atomic E-state index is 0.290. The van der Waals surface area contributed by atoms with E-state index < -0.39 is 0 Å². The molecule has 4 heteroatoms. The summed E-state index contributed by atoms with van der Waals surface area (Å²) >= 11 is 1.74. The topological polar surface area (TPSA) is 23.6 Å². The smallest absolute Gasteiger partial charge is 0.163 e. The predicted molar refractivity (Wildman–Crippen MR) is 90.3 cm³/mol. The van der Waals surface area contributed by atoms with Crippen LogP contribution in [0.15, 0.2) is 11.4 Å². The van der Waals surface area contributed by atoms with Crippen molar-refractivity contribution in [2.24, 2.45) is 0 Å². The van der Waals surface area contributed by atoms with Gasteiger partial charge in [0.2, 0.25) is 0 Å². The van der Waals surface area contributed by atoms with Gasteiger partial charge in [0.15, 0.2) is 5.78 Å². The van der Waals surface area contributed by atoms with Crippen LogP contribution in [0.4, 0.5) is 0 Å². The van der Waals surface area contributed by atoms with Crippen LogP contribution in [0.5, 0.6) is 0 Å². The number of piperidine rings is 1. The highest BCUT2D eigenvalue weighted by atomic mass is 32.1. The van der Waals surface area contributed by atoms with E-state index in [0.717, 1.165) is 31.1 Å². The normalized spacial score (nSPS) is 19.1. The number of rotatable bonds is 6. The van der Waals surface area contributed by atoms with Crippen molar-refractivity contribution < 1.29 is 4.79 Å².